The summed E-state index contributed by atoms with van der Waals surface area (Å²) in [6.45, 7) is 4.30. The number of hydrogen-bond acceptors (Lipinski definition) is 3. The highest BCUT2D eigenvalue weighted by Crippen LogP contribution is 2.16. The lowest BCUT2D eigenvalue weighted by molar-refractivity contribution is 0.677. The fourth-order valence-electron chi connectivity index (χ4n) is 1.87. The fourth-order valence-corrected chi connectivity index (χ4v) is 1.87. The third kappa shape index (κ3) is 2.83. The van der Waals surface area contributed by atoms with Crippen LogP contribution in [0.25, 0.3) is 0 Å². The summed E-state index contributed by atoms with van der Waals surface area (Å²) in [5.74, 6) is 1.08. The quantitative estimate of drug-likeness (QED) is 0.832. The van der Waals surface area contributed by atoms with E-state index in [1.54, 1.807) is 0 Å². The topological polar surface area (TPSA) is 28.2 Å². The first-order valence-corrected chi connectivity index (χ1v) is 5.13. The molecule has 0 aromatic carbocycles. The van der Waals surface area contributed by atoms with E-state index in [2.05, 4.69) is 35.2 Å². The van der Waals surface area contributed by atoms with Crippen LogP contribution in [0.5, 0.6) is 0 Å². The van der Waals surface area contributed by atoms with Crippen LogP contribution >= 0.6 is 12.4 Å². The van der Waals surface area contributed by atoms with Crippen LogP contribution in [0.3, 0.4) is 0 Å². The molecular formula is C11H18ClN3. The zero-order valence-electron chi connectivity index (χ0n) is 9.23. The minimum atomic E-state index is 0. The Hall–Kier alpha value is -0.800. The standard InChI is InChI=1S/C11H17N3.ClH/c1-9-3-6-13-11(7-9)14(2)10-4-5-12-8-10;/h3,6-7,10,12H,4-5,8H2,1-2H3;1H/t10-;/m1./s1. The molecule has 1 saturated heterocycles. The third-order valence-electron chi connectivity index (χ3n) is 2.84. The Balaban J connectivity index is 0.00000112. The lowest BCUT2D eigenvalue weighted by Crippen LogP contribution is -2.33. The molecule has 4 heteroatoms. The molecule has 1 aliphatic rings. The van der Waals surface area contributed by atoms with Gasteiger partial charge < -0.3 is 10.2 Å². The highest BCUT2D eigenvalue weighted by atomic mass is 35.5. The van der Waals surface area contributed by atoms with Gasteiger partial charge in [0.05, 0.1) is 0 Å². The van der Waals surface area contributed by atoms with E-state index in [1.807, 2.05) is 12.3 Å². The van der Waals surface area contributed by atoms with Crippen molar-refractivity contribution in [3.8, 4) is 0 Å². The van der Waals surface area contributed by atoms with Gasteiger partial charge in [0, 0.05) is 25.8 Å². The number of aromatic nitrogens is 1. The molecule has 15 heavy (non-hydrogen) atoms. The van der Waals surface area contributed by atoms with Crippen LogP contribution in [-0.4, -0.2) is 31.2 Å². The van der Waals surface area contributed by atoms with Crippen molar-refractivity contribution in [3.05, 3.63) is 23.9 Å². The lowest BCUT2D eigenvalue weighted by Gasteiger charge is -2.24. The van der Waals surface area contributed by atoms with Crippen molar-refractivity contribution in [2.45, 2.75) is 19.4 Å². The van der Waals surface area contributed by atoms with E-state index in [4.69, 9.17) is 0 Å². The molecule has 0 bridgehead atoms. The first-order chi connectivity index (χ1) is 6.77. The molecule has 0 saturated carbocycles. The minimum absolute atomic E-state index is 0. The molecule has 1 aliphatic heterocycles. The molecular weight excluding hydrogens is 210 g/mol. The van der Waals surface area contributed by atoms with Crippen molar-refractivity contribution in [1.82, 2.24) is 10.3 Å². The average Bonchev–Trinajstić information content (AvgIpc) is 2.69. The van der Waals surface area contributed by atoms with Crippen LogP contribution in [0, 0.1) is 6.92 Å². The van der Waals surface area contributed by atoms with Crippen molar-refractivity contribution < 1.29 is 0 Å². The predicted octanol–water partition coefficient (Wildman–Crippen LogP) is 1.61. The van der Waals surface area contributed by atoms with Crippen molar-refractivity contribution in [3.63, 3.8) is 0 Å². The van der Waals surface area contributed by atoms with Crippen LogP contribution < -0.4 is 10.2 Å². The normalized spacial score (nSPS) is 19.7. The minimum Gasteiger partial charge on any atom is -0.355 e. The number of aryl methyl sites for hydroxylation is 1. The summed E-state index contributed by atoms with van der Waals surface area (Å²) in [5, 5.41) is 3.37. The summed E-state index contributed by atoms with van der Waals surface area (Å²) in [6.07, 6.45) is 3.09. The van der Waals surface area contributed by atoms with Gasteiger partial charge in [0.25, 0.3) is 0 Å². The average molecular weight is 228 g/mol. The molecule has 1 aromatic rings. The Kier molecular flexibility index (Phi) is 4.36. The molecule has 1 aromatic heterocycles. The Morgan fingerprint density at radius 1 is 1.53 bits per heavy atom. The van der Waals surface area contributed by atoms with E-state index in [1.165, 1.54) is 12.0 Å². The number of nitrogens with one attached hydrogen (secondary N) is 1. The molecule has 0 aliphatic carbocycles. The zero-order valence-corrected chi connectivity index (χ0v) is 10.0. The SMILES string of the molecule is Cc1ccnc(N(C)[C@@H]2CCNC2)c1.Cl. The second kappa shape index (κ2) is 5.33. The van der Waals surface area contributed by atoms with Gasteiger partial charge in [-0.05, 0) is 37.6 Å². The number of nitrogens with zero attached hydrogens (tertiary/aromatic N) is 2. The smallest absolute Gasteiger partial charge is 0.128 e. The maximum atomic E-state index is 4.38. The fraction of sp³-hybridized carbons (Fsp3) is 0.545. The Labute approximate surface area is 97.3 Å². The van der Waals surface area contributed by atoms with E-state index in [0.717, 1.165) is 18.9 Å². The third-order valence-corrected chi connectivity index (χ3v) is 2.84. The van der Waals surface area contributed by atoms with Crippen LogP contribution in [0.2, 0.25) is 0 Å². The summed E-state index contributed by atoms with van der Waals surface area (Å²) < 4.78 is 0. The van der Waals surface area contributed by atoms with Gasteiger partial charge in [0.15, 0.2) is 0 Å². The largest absolute Gasteiger partial charge is 0.355 e. The maximum absolute atomic E-state index is 4.38. The molecule has 2 rings (SSSR count). The van der Waals surface area contributed by atoms with Crippen molar-refractivity contribution in [2.75, 3.05) is 25.0 Å². The van der Waals surface area contributed by atoms with E-state index in [9.17, 15) is 0 Å². The van der Waals surface area contributed by atoms with Gasteiger partial charge >= 0.3 is 0 Å². The maximum Gasteiger partial charge on any atom is 0.128 e. The molecule has 0 spiro atoms. The van der Waals surface area contributed by atoms with Gasteiger partial charge in [0.2, 0.25) is 0 Å². The highest BCUT2D eigenvalue weighted by Gasteiger charge is 2.19. The molecule has 1 atom stereocenters. The first kappa shape index (κ1) is 12.3. The lowest BCUT2D eigenvalue weighted by atomic mass is 10.2. The van der Waals surface area contributed by atoms with Gasteiger partial charge in [0.1, 0.15) is 5.82 Å². The highest BCUT2D eigenvalue weighted by molar-refractivity contribution is 5.85. The van der Waals surface area contributed by atoms with Crippen molar-refractivity contribution >= 4 is 18.2 Å². The molecule has 1 N–H and O–H groups in total. The Morgan fingerprint density at radius 3 is 2.93 bits per heavy atom. The van der Waals surface area contributed by atoms with E-state index in [0.29, 0.717) is 6.04 Å². The first-order valence-electron chi connectivity index (χ1n) is 5.13. The van der Waals surface area contributed by atoms with Crippen LogP contribution in [0.15, 0.2) is 18.3 Å². The van der Waals surface area contributed by atoms with Gasteiger partial charge in [-0.2, -0.15) is 0 Å². The second-order valence-corrected chi connectivity index (χ2v) is 3.95. The second-order valence-electron chi connectivity index (χ2n) is 3.95. The summed E-state index contributed by atoms with van der Waals surface area (Å²) in [5.41, 5.74) is 1.27. The van der Waals surface area contributed by atoms with E-state index < -0.39 is 0 Å². The Morgan fingerprint density at radius 2 is 2.33 bits per heavy atom. The van der Waals surface area contributed by atoms with Crippen molar-refractivity contribution in [1.29, 1.82) is 0 Å². The number of likely N-dealkylation sites (N-methyl/N-ethyl adjacent to an activating group) is 1. The molecule has 0 radical (unpaired) electrons. The van der Waals surface area contributed by atoms with Crippen LogP contribution in [0.1, 0.15) is 12.0 Å². The summed E-state index contributed by atoms with van der Waals surface area (Å²) in [4.78, 5) is 6.65. The van der Waals surface area contributed by atoms with Crippen molar-refractivity contribution in [2.24, 2.45) is 0 Å². The van der Waals surface area contributed by atoms with Crippen LogP contribution in [-0.2, 0) is 0 Å². The molecule has 0 amide bonds. The summed E-state index contributed by atoms with van der Waals surface area (Å²) in [7, 11) is 2.12. The monoisotopic (exact) mass is 227 g/mol. The molecule has 3 nitrogen and oxygen atoms in total. The zero-order chi connectivity index (χ0) is 9.97. The van der Waals surface area contributed by atoms with E-state index in [-0.39, 0.29) is 12.4 Å². The van der Waals surface area contributed by atoms with Gasteiger partial charge in [-0.3, -0.25) is 0 Å². The number of halogens is 1. The predicted molar refractivity (Wildman–Crippen MR) is 65.9 cm³/mol. The van der Waals surface area contributed by atoms with Crippen LogP contribution in [0.4, 0.5) is 5.82 Å². The number of hydrogen-bond donors (Lipinski definition) is 1. The Bertz CT molecular complexity index is 310. The molecule has 1 fully saturated rings. The molecule has 0 unspecified atom stereocenters. The van der Waals surface area contributed by atoms with Gasteiger partial charge in [-0.1, -0.05) is 0 Å². The van der Waals surface area contributed by atoms with E-state index >= 15 is 0 Å². The van der Waals surface area contributed by atoms with Gasteiger partial charge in [-0.15, -0.1) is 12.4 Å². The number of pyridine rings is 1. The number of anilines is 1. The molecule has 2 heterocycles. The summed E-state index contributed by atoms with van der Waals surface area (Å²) in [6, 6.07) is 4.77. The number of rotatable bonds is 2. The van der Waals surface area contributed by atoms with Gasteiger partial charge in [-0.25, -0.2) is 4.98 Å². The summed E-state index contributed by atoms with van der Waals surface area (Å²) >= 11 is 0. The molecule has 84 valence electrons.